The van der Waals surface area contributed by atoms with Crippen molar-refractivity contribution in [2.75, 3.05) is 13.2 Å². The second-order valence-electron chi connectivity index (χ2n) is 6.85. The first kappa shape index (κ1) is 15.3. The minimum atomic E-state index is -0.427. The van der Waals surface area contributed by atoms with Crippen LogP contribution in [0.15, 0.2) is 0 Å². The van der Waals surface area contributed by atoms with Crippen LogP contribution in [0.4, 0.5) is 0 Å². The number of hydrogen-bond acceptors (Lipinski definition) is 3. The van der Waals surface area contributed by atoms with Crippen LogP contribution in [0, 0.1) is 5.41 Å². The predicted octanol–water partition coefficient (Wildman–Crippen LogP) is 1.32. The van der Waals surface area contributed by atoms with E-state index in [1.807, 2.05) is 32.6 Å². The molecule has 114 valence electrons. The van der Waals surface area contributed by atoms with Crippen LogP contribution in [0.2, 0.25) is 0 Å². The van der Waals surface area contributed by atoms with Gasteiger partial charge in [0.05, 0.1) is 6.10 Å². The highest BCUT2D eigenvalue weighted by molar-refractivity contribution is 5.90. The first-order valence-corrected chi connectivity index (χ1v) is 7.54. The Morgan fingerprint density at radius 1 is 1.30 bits per heavy atom. The molecule has 20 heavy (non-hydrogen) atoms. The van der Waals surface area contributed by atoms with Crippen molar-refractivity contribution in [1.82, 2.24) is 10.2 Å². The summed E-state index contributed by atoms with van der Waals surface area (Å²) in [7, 11) is 0. The molecule has 1 saturated carbocycles. The lowest BCUT2D eigenvalue weighted by Crippen LogP contribution is -2.57. The van der Waals surface area contributed by atoms with Crippen LogP contribution in [-0.2, 0) is 14.3 Å². The number of carbonyl (C=O) groups is 2. The standard InChI is InChI=1S/C15H26N2O3/c1-5-20-11-8-10(9-11)17-7-6-12(18)16-13(14(17)19)15(2,3)4/h10-11,13H,5-9H2,1-4H3,(H,16,18). The number of rotatable bonds is 3. The zero-order valence-electron chi connectivity index (χ0n) is 12.9. The van der Waals surface area contributed by atoms with Gasteiger partial charge in [-0.25, -0.2) is 0 Å². The average Bonchev–Trinajstić information content (AvgIpc) is 2.44. The second-order valence-corrected chi connectivity index (χ2v) is 6.85. The van der Waals surface area contributed by atoms with Crippen LogP contribution >= 0.6 is 0 Å². The molecule has 0 bridgehead atoms. The fourth-order valence-corrected chi connectivity index (χ4v) is 2.91. The molecule has 2 rings (SSSR count). The smallest absolute Gasteiger partial charge is 0.245 e. The van der Waals surface area contributed by atoms with E-state index in [0.29, 0.717) is 13.0 Å². The predicted molar refractivity (Wildman–Crippen MR) is 76.2 cm³/mol. The molecule has 2 amide bonds. The molecule has 2 aliphatic rings. The van der Waals surface area contributed by atoms with Gasteiger partial charge in [-0.05, 0) is 25.2 Å². The van der Waals surface area contributed by atoms with E-state index < -0.39 is 6.04 Å². The van der Waals surface area contributed by atoms with Crippen LogP contribution in [0.3, 0.4) is 0 Å². The van der Waals surface area contributed by atoms with Crippen molar-refractivity contribution in [2.24, 2.45) is 5.41 Å². The molecule has 1 aliphatic heterocycles. The summed E-state index contributed by atoms with van der Waals surface area (Å²) < 4.78 is 5.56. The summed E-state index contributed by atoms with van der Waals surface area (Å²) in [6.45, 7) is 9.20. The fourth-order valence-electron chi connectivity index (χ4n) is 2.91. The third-order valence-electron chi connectivity index (χ3n) is 4.19. The third-order valence-corrected chi connectivity index (χ3v) is 4.19. The molecule has 1 saturated heterocycles. The third kappa shape index (κ3) is 3.14. The largest absolute Gasteiger partial charge is 0.378 e. The molecule has 2 fully saturated rings. The van der Waals surface area contributed by atoms with Gasteiger partial charge in [0.15, 0.2) is 0 Å². The van der Waals surface area contributed by atoms with E-state index in [9.17, 15) is 9.59 Å². The van der Waals surface area contributed by atoms with E-state index in [-0.39, 0.29) is 29.4 Å². The lowest BCUT2D eigenvalue weighted by atomic mass is 9.83. The maximum atomic E-state index is 12.7. The Labute approximate surface area is 121 Å². The van der Waals surface area contributed by atoms with E-state index in [2.05, 4.69) is 5.32 Å². The zero-order chi connectivity index (χ0) is 14.9. The lowest BCUT2D eigenvalue weighted by molar-refractivity contribution is -0.143. The molecule has 1 heterocycles. The van der Waals surface area contributed by atoms with Gasteiger partial charge in [-0.15, -0.1) is 0 Å². The van der Waals surface area contributed by atoms with E-state index >= 15 is 0 Å². The van der Waals surface area contributed by atoms with Gasteiger partial charge < -0.3 is 15.0 Å². The van der Waals surface area contributed by atoms with Crippen molar-refractivity contribution in [1.29, 1.82) is 0 Å². The Hall–Kier alpha value is -1.10. The molecule has 1 atom stereocenters. The van der Waals surface area contributed by atoms with Crippen molar-refractivity contribution in [3.05, 3.63) is 0 Å². The van der Waals surface area contributed by atoms with Crippen molar-refractivity contribution < 1.29 is 14.3 Å². The van der Waals surface area contributed by atoms with E-state index in [1.165, 1.54) is 0 Å². The molecule has 1 N–H and O–H groups in total. The van der Waals surface area contributed by atoms with Gasteiger partial charge in [-0.2, -0.15) is 0 Å². The van der Waals surface area contributed by atoms with E-state index in [1.54, 1.807) is 0 Å². The Morgan fingerprint density at radius 2 is 1.95 bits per heavy atom. The lowest BCUT2D eigenvalue weighted by Gasteiger charge is -2.44. The number of carbonyl (C=O) groups excluding carboxylic acids is 2. The number of ether oxygens (including phenoxy) is 1. The van der Waals surface area contributed by atoms with Gasteiger partial charge in [-0.1, -0.05) is 20.8 Å². The summed E-state index contributed by atoms with van der Waals surface area (Å²) in [6.07, 6.45) is 2.46. The van der Waals surface area contributed by atoms with Crippen LogP contribution in [0.5, 0.6) is 0 Å². The second kappa shape index (κ2) is 5.72. The molecule has 0 aromatic carbocycles. The Balaban J connectivity index is 2.05. The van der Waals surface area contributed by atoms with Gasteiger partial charge in [0.1, 0.15) is 6.04 Å². The first-order valence-electron chi connectivity index (χ1n) is 7.54. The molecule has 1 unspecified atom stereocenters. The van der Waals surface area contributed by atoms with E-state index in [4.69, 9.17) is 4.74 Å². The maximum Gasteiger partial charge on any atom is 0.245 e. The van der Waals surface area contributed by atoms with Gasteiger partial charge in [0.2, 0.25) is 11.8 Å². The minimum absolute atomic E-state index is 0.0264. The minimum Gasteiger partial charge on any atom is -0.378 e. The van der Waals surface area contributed by atoms with Crippen molar-refractivity contribution in [3.63, 3.8) is 0 Å². The summed E-state index contributed by atoms with van der Waals surface area (Å²) in [5.74, 6) is 0.0322. The molecule has 5 nitrogen and oxygen atoms in total. The molecule has 0 aromatic rings. The quantitative estimate of drug-likeness (QED) is 0.849. The topological polar surface area (TPSA) is 58.6 Å². The van der Waals surface area contributed by atoms with Gasteiger partial charge in [0, 0.05) is 25.6 Å². The number of amides is 2. The highest BCUT2D eigenvalue weighted by Crippen LogP contribution is 2.32. The SMILES string of the molecule is CCOC1CC(N2CCC(=O)NC(C(C)(C)C)C2=O)C1. The highest BCUT2D eigenvalue weighted by Gasteiger charge is 2.43. The van der Waals surface area contributed by atoms with E-state index in [0.717, 1.165) is 19.4 Å². The first-order chi connectivity index (χ1) is 9.32. The molecule has 0 aromatic heterocycles. The summed E-state index contributed by atoms with van der Waals surface area (Å²) in [5.41, 5.74) is -0.265. The van der Waals surface area contributed by atoms with Crippen molar-refractivity contribution >= 4 is 11.8 Å². The molecule has 5 heteroatoms. The summed E-state index contributed by atoms with van der Waals surface area (Å²) in [6, 6.07) is -0.194. The monoisotopic (exact) mass is 282 g/mol. The molecular formula is C15H26N2O3. The number of nitrogens with zero attached hydrogens (tertiary/aromatic N) is 1. The summed E-state index contributed by atoms with van der Waals surface area (Å²) in [4.78, 5) is 26.4. The van der Waals surface area contributed by atoms with Crippen LogP contribution in [0.1, 0.15) is 47.0 Å². The maximum absolute atomic E-state index is 12.7. The highest BCUT2D eigenvalue weighted by atomic mass is 16.5. The molecular weight excluding hydrogens is 256 g/mol. The zero-order valence-corrected chi connectivity index (χ0v) is 12.9. The van der Waals surface area contributed by atoms with Crippen molar-refractivity contribution in [2.45, 2.75) is 65.1 Å². The van der Waals surface area contributed by atoms with Gasteiger partial charge >= 0.3 is 0 Å². The number of nitrogens with one attached hydrogen (secondary N) is 1. The van der Waals surface area contributed by atoms with Gasteiger partial charge in [-0.3, -0.25) is 9.59 Å². The summed E-state index contributed by atoms with van der Waals surface area (Å²) >= 11 is 0. The number of hydrogen-bond donors (Lipinski definition) is 1. The Morgan fingerprint density at radius 3 is 2.50 bits per heavy atom. The van der Waals surface area contributed by atoms with Crippen molar-refractivity contribution in [3.8, 4) is 0 Å². The fraction of sp³-hybridized carbons (Fsp3) is 0.867. The Bertz CT molecular complexity index is 383. The normalized spacial score (nSPS) is 31.6. The average molecular weight is 282 g/mol. The molecule has 1 aliphatic carbocycles. The van der Waals surface area contributed by atoms with Gasteiger partial charge in [0.25, 0.3) is 0 Å². The van der Waals surface area contributed by atoms with Crippen LogP contribution in [0.25, 0.3) is 0 Å². The summed E-state index contributed by atoms with van der Waals surface area (Å²) in [5, 5.41) is 2.88. The van der Waals surface area contributed by atoms with Crippen LogP contribution < -0.4 is 5.32 Å². The molecule has 0 spiro atoms. The Kier molecular flexibility index (Phi) is 4.37. The van der Waals surface area contributed by atoms with Crippen LogP contribution in [-0.4, -0.2) is 48.1 Å². The molecule has 0 radical (unpaired) electrons.